The van der Waals surface area contributed by atoms with E-state index in [1.54, 1.807) is 0 Å². The number of hydrogen-bond acceptors (Lipinski definition) is 2. The molecule has 0 bridgehead atoms. The number of piperidine rings is 1. The zero-order chi connectivity index (χ0) is 12.8. The molecule has 3 nitrogen and oxygen atoms in total. The molecule has 1 aromatic rings. The molecular formula is C15H22N2O. The normalized spacial score (nSPS) is 18.3. The number of carbonyl (C=O) groups excluding carboxylic acids is 1. The molecule has 1 atom stereocenters. The van der Waals surface area contributed by atoms with E-state index >= 15 is 0 Å². The van der Waals surface area contributed by atoms with Gasteiger partial charge in [0, 0.05) is 12.1 Å². The fraction of sp³-hybridized carbons (Fsp3) is 0.533. The molecule has 18 heavy (non-hydrogen) atoms. The number of para-hydroxylation sites is 1. The Morgan fingerprint density at radius 3 is 2.67 bits per heavy atom. The highest BCUT2D eigenvalue weighted by atomic mass is 16.1. The van der Waals surface area contributed by atoms with Gasteiger partial charge in [0.2, 0.25) is 5.91 Å². The van der Waals surface area contributed by atoms with Crippen LogP contribution in [0.3, 0.4) is 0 Å². The van der Waals surface area contributed by atoms with E-state index in [4.69, 9.17) is 0 Å². The molecule has 0 radical (unpaired) electrons. The van der Waals surface area contributed by atoms with E-state index in [9.17, 15) is 4.79 Å². The molecule has 1 aliphatic heterocycles. The van der Waals surface area contributed by atoms with E-state index < -0.39 is 0 Å². The number of hydrogen-bond donors (Lipinski definition) is 2. The highest BCUT2D eigenvalue weighted by Crippen LogP contribution is 2.24. The molecular weight excluding hydrogens is 224 g/mol. The lowest BCUT2D eigenvalue weighted by atomic mass is 9.84. The van der Waals surface area contributed by atoms with Gasteiger partial charge in [0.15, 0.2) is 0 Å². The molecule has 1 heterocycles. The molecule has 1 amide bonds. The minimum atomic E-state index is 0.132. The SMILES string of the molecule is C[C@@H](CC(=O)Nc1ccccc1)C1CCNCC1. The van der Waals surface area contributed by atoms with E-state index in [0.717, 1.165) is 18.8 Å². The van der Waals surface area contributed by atoms with Crippen molar-refractivity contribution < 1.29 is 4.79 Å². The first-order chi connectivity index (χ1) is 8.75. The molecule has 1 saturated heterocycles. The Bertz CT molecular complexity index is 371. The van der Waals surface area contributed by atoms with Gasteiger partial charge in [-0.1, -0.05) is 25.1 Å². The Balaban J connectivity index is 1.79. The lowest BCUT2D eigenvalue weighted by molar-refractivity contribution is -0.117. The van der Waals surface area contributed by atoms with E-state index in [0.29, 0.717) is 18.3 Å². The van der Waals surface area contributed by atoms with Crippen molar-refractivity contribution in [1.82, 2.24) is 5.32 Å². The second kappa shape index (κ2) is 6.55. The molecule has 1 aliphatic rings. The van der Waals surface area contributed by atoms with E-state index in [2.05, 4.69) is 17.6 Å². The number of amides is 1. The highest BCUT2D eigenvalue weighted by molar-refractivity contribution is 5.90. The van der Waals surface area contributed by atoms with Crippen LogP contribution in [0.5, 0.6) is 0 Å². The van der Waals surface area contributed by atoms with Crippen LogP contribution in [-0.2, 0) is 4.79 Å². The quantitative estimate of drug-likeness (QED) is 0.857. The summed E-state index contributed by atoms with van der Waals surface area (Å²) in [6.45, 7) is 4.38. The molecule has 0 aliphatic carbocycles. The third-order valence-electron chi connectivity index (χ3n) is 3.75. The number of nitrogens with one attached hydrogen (secondary N) is 2. The van der Waals surface area contributed by atoms with Crippen LogP contribution in [0.25, 0.3) is 0 Å². The molecule has 0 aromatic heterocycles. The van der Waals surface area contributed by atoms with Crippen molar-refractivity contribution in [3.63, 3.8) is 0 Å². The summed E-state index contributed by atoms with van der Waals surface area (Å²) in [5.74, 6) is 1.29. The van der Waals surface area contributed by atoms with Gasteiger partial charge in [0.1, 0.15) is 0 Å². The first kappa shape index (κ1) is 13.1. The second-order valence-electron chi connectivity index (χ2n) is 5.18. The molecule has 0 saturated carbocycles. The van der Waals surface area contributed by atoms with Crippen molar-refractivity contribution in [3.05, 3.63) is 30.3 Å². The minimum absolute atomic E-state index is 0.132. The number of rotatable bonds is 4. The monoisotopic (exact) mass is 246 g/mol. The molecule has 98 valence electrons. The van der Waals surface area contributed by atoms with Crippen LogP contribution in [0.2, 0.25) is 0 Å². The average molecular weight is 246 g/mol. The number of benzene rings is 1. The van der Waals surface area contributed by atoms with Crippen molar-refractivity contribution in [1.29, 1.82) is 0 Å². The maximum atomic E-state index is 11.9. The van der Waals surface area contributed by atoms with Gasteiger partial charge in [-0.25, -0.2) is 0 Å². The zero-order valence-corrected chi connectivity index (χ0v) is 11.0. The van der Waals surface area contributed by atoms with Gasteiger partial charge in [-0.05, 0) is 49.9 Å². The Morgan fingerprint density at radius 1 is 1.33 bits per heavy atom. The average Bonchev–Trinajstić information content (AvgIpc) is 2.40. The van der Waals surface area contributed by atoms with E-state index in [-0.39, 0.29) is 5.91 Å². The molecule has 3 heteroatoms. The molecule has 0 unspecified atom stereocenters. The summed E-state index contributed by atoms with van der Waals surface area (Å²) >= 11 is 0. The first-order valence-electron chi connectivity index (χ1n) is 6.81. The lowest BCUT2D eigenvalue weighted by Gasteiger charge is -2.27. The summed E-state index contributed by atoms with van der Waals surface area (Å²) in [5, 5.41) is 6.32. The van der Waals surface area contributed by atoms with Crippen LogP contribution in [0.4, 0.5) is 5.69 Å². The Labute approximate surface area is 109 Å². The van der Waals surface area contributed by atoms with Crippen LogP contribution in [0.15, 0.2) is 30.3 Å². The van der Waals surface area contributed by atoms with Crippen LogP contribution < -0.4 is 10.6 Å². The molecule has 1 fully saturated rings. The molecule has 2 N–H and O–H groups in total. The first-order valence-corrected chi connectivity index (χ1v) is 6.81. The molecule has 0 spiro atoms. The predicted octanol–water partition coefficient (Wildman–Crippen LogP) is 2.65. The van der Waals surface area contributed by atoms with Gasteiger partial charge in [-0.2, -0.15) is 0 Å². The summed E-state index contributed by atoms with van der Waals surface area (Å²) in [6, 6.07) is 9.67. The summed E-state index contributed by atoms with van der Waals surface area (Å²) in [4.78, 5) is 11.9. The van der Waals surface area contributed by atoms with Crippen molar-refractivity contribution in [2.45, 2.75) is 26.2 Å². The van der Waals surface area contributed by atoms with Gasteiger partial charge >= 0.3 is 0 Å². The summed E-state index contributed by atoms with van der Waals surface area (Å²) < 4.78 is 0. The van der Waals surface area contributed by atoms with Gasteiger partial charge in [-0.3, -0.25) is 4.79 Å². The van der Waals surface area contributed by atoms with Gasteiger partial charge < -0.3 is 10.6 Å². The van der Waals surface area contributed by atoms with Gasteiger partial charge in [-0.15, -0.1) is 0 Å². The topological polar surface area (TPSA) is 41.1 Å². The summed E-state index contributed by atoms with van der Waals surface area (Å²) in [6.07, 6.45) is 3.01. The van der Waals surface area contributed by atoms with Crippen molar-refractivity contribution >= 4 is 11.6 Å². The zero-order valence-electron chi connectivity index (χ0n) is 11.0. The largest absolute Gasteiger partial charge is 0.326 e. The van der Waals surface area contributed by atoms with Crippen molar-refractivity contribution in [2.75, 3.05) is 18.4 Å². The third kappa shape index (κ3) is 3.84. The van der Waals surface area contributed by atoms with Crippen LogP contribution in [0, 0.1) is 11.8 Å². The molecule has 1 aromatic carbocycles. The maximum Gasteiger partial charge on any atom is 0.224 e. The maximum absolute atomic E-state index is 11.9. The second-order valence-corrected chi connectivity index (χ2v) is 5.18. The summed E-state index contributed by atoms with van der Waals surface area (Å²) in [5.41, 5.74) is 0.889. The minimum Gasteiger partial charge on any atom is -0.326 e. The number of carbonyl (C=O) groups is 1. The predicted molar refractivity (Wildman–Crippen MR) is 74.4 cm³/mol. The van der Waals surface area contributed by atoms with E-state index in [1.807, 2.05) is 30.3 Å². The van der Waals surface area contributed by atoms with Crippen LogP contribution >= 0.6 is 0 Å². The smallest absolute Gasteiger partial charge is 0.224 e. The standard InChI is InChI=1S/C15H22N2O/c1-12(13-7-9-16-10-8-13)11-15(18)17-14-5-3-2-4-6-14/h2-6,12-13,16H,7-11H2,1H3,(H,17,18)/t12-/m0/s1. The Kier molecular flexibility index (Phi) is 4.76. The molecule has 2 rings (SSSR count). The van der Waals surface area contributed by atoms with Crippen molar-refractivity contribution in [3.8, 4) is 0 Å². The highest BCUT2D eigenvalue weighted by Gasteiger charge is 2.21. The van der Waals surface area contributed by atoms with Crippen LogP contribution in [0.1, 0.15) is 26.2 Å². The van der Waals surface area contributed by atoms with Gasteiger partial charge in [0.25, 0.3) is 0 Å². The summed E-state index contributed by atoms with van der Waals surface area (Å²) in [7, 11) is 0. The lowest BCUT2D eigenvalue weighted by Crippen LogP contribution is -2.32. The van der Waals surface area contributed by atoms with E-state index in [1.165, 1.54) is 12.8 Å². The number of anilines is 1. The van der Waals surface area contributed by atoms with Gasteiger partial charge in [0.05, 0.1) is 0 Å². The Morgan fingerprint density at radius 2 is 2.00 bits per heavy atom. The fourth-order valence-corrected chi connectivity index (χ4v) is 2.61. The fourth-order valence-electron chi connectivity index (χ4n) is 2.61. The van der Waals surface area contributed by atoms with Crippen molar-refractivity contribution in [2.24, 2.45) is 11.8 Å². The Hall–Kier alpha value is -1.35. The van der Waals surface area contributed by atoms with Crippen LogP contribution in [-0.4, -0.2) is 19.0 Å². The third-order valence-corrected chi connectivity index (χ3v) is 3.75.